The molecule has 3 N–H and O–H groups in total. The highest BCUT2D eigenvalue weighted by molar-refractivity contribution is 5.42. The third kappa shape index (κ3) is 3.13. The molecule has 1 rings (SSSR count). The first-order valence-electron chi connectivity index (χ1n) is 5.17. The fourth-order valence-corrected chi connectivity index (χ4v) is 1.58. The van der Waals surface area contributed by atoms with E-state index >= 15 is 0 Å². The maximum absolute atomic E-state index is 9.59. The second-order valence-electron chi connectivity index (χ2n) is 4.17. The molecule has 0 radical (unpaired) electrons. The Labute approximate surface area is 90.9 Å². The number of phenols is 1. The van der Waals surface area contributed by atoms with Crippen molar-refractivity contribution < 1.29 is 9.84 Å². The van der Waals surface area contributed by atoms with Crippen molar-refractivity contribution in [3.8, 4) is 11.5 Å². The summed E-state index contributed by atoms with van der Waals surface area (Å²) in [6.07, 6.45) is 0.909. The molecular formula is C12H19NO2. The Morgan fingerprint density at radius 3 is 2.53 bits per heavy atom. The molecule has 1 atom stereocenters. The molecule has 1 aromatic rings. The minimum absolute atomic E-state index is 0.0261. The number of hydrogen-bond donors (Lipinski definition) is 2. The fourth-order valence-electron chi connectivity index (χ4n) is 1.58. The van der Waals surface area contributed by atoms with Crippen LogP contribution < -0.4 is 10.5 Å². The fraction of sp³-hybridized carbons (Fsp3) is 0.500. The zero-order valence-corrected chi connectivity index (χ0v) is 9.53. The molecule has 0 aliphatic heterocycles. The van der Waals surface area contributed by atoms with Gasteiger partial charge in [0, 0.05) is 6.04 Å². The van der Waals surface area contributed by atoms with Crippen molar-refractivity contribution in [1.82, 2.24) is 0 Å². The molecule has 1 unspecified atom stereocenters. The van der Waals surface area contributed by atoms with E-state index in [1.165, 1.54) is 7.11 Å². The lowest BCUT2D eigenvalue weighted by Gasteiger charge is -2.15. The van der Waals surface area contributed by atoms with E-state index in [1.54, 1.807) is 12.1 Å². The van der Waals surface area contributed by atoms with Gasteiger partial charge in [-0.3, -0.25) is 0 Å². The molecular weight excluding hydrogens is 190 g/mol. The lowest BCUT2D eigenvalue weighted by Crippen LogP contribution is -2.12. The third-order valence-corrected chi connectivity index (χ3v) is 2.36. The zero-order chi connectivity index (χ0) is 11.4. The largest absolute Gasteiger partial charge is 0.504 e. The Morgan fingerprint density at radius 1 is 1.40 bits per heavy atom. The van der Waals surface area contributed by atoms with Crippen LogP contribution in [0.4, 0.5) is 0 Å². The number of rotatable bonds is 4. The molecule has 0 bridgehead atoms. The van der Waals surface area contributed by atoms with E-state index in [1.807, 2.05) is 6.07 Å². The number of methoxy groups -OCH3 is 1. The van der Waals surface area contributed by atoms with Gasteiger partial charge in [0.2, 0.25) is 0 Å². The van der Waals surface area contributed by atoms with Crippen LogP contribution in [0.5, 0.6) is 11.5 Å². The quantitative estimate of drug-likeness (QED) is 0.800. The van der Waals surface area contributed by atoms with E-state index in [0.29, 0.717) is 11.7 Å². The summed E-state index contributed by atoms with van der Waals surface area (Å²) in [6.45, 7) is 4.26. The molecule has 0 saturated carbocycles. The minimum atomic E-state index is -0.0261. The van der Waals surface area contributed by atoms with Crippen molar-refractivity contribution in [2.75, 3.05) is 7.11 Å². The van der Waals surface area contributed by atoms with Gasteiger partial charge in [-0.2, -0.15) is 0 Å². The van der Waals surface area contributed by atoms with Crippen LogP contribution in [0.15, 0.2) is 18.2 Å². The molecule has 1 aromatic carbocycles. The highest BCUT2D eigenvalue weighted by atomic mass is 16.5. The Hall–Kier alpha value is -1.22. The molecule has 0 aliphatic rings. The monoisotopic (exact) mass is 209 g/mol. The van der Waals surface area contributed by atoms with Gasteiger partial charge in [-0.1, -0.05) is 19.9 Å². The van der Waals surface area contributed by atoms with E-state index in [9.17, 15) is 5.11 Å². The maximum Gasteiger partial charge on any atom is 0.160 e. The average molecular weight is 209 g/mol. The number of ether oxygens (including phenoxy) is 1. The molecule has 3 nitrogen and oxygen atoms in total. The second kappa shape index (κ2) is 5.03. The standard InChI is InChI=1S/C12H19NO2/c1-8(2)6-10(13)9-4-5-12(15-3)11(14)7-9/h4-5,7-8,10,14H,6,13H2,1-3H3. The van der Waals surface area contributed by atoms with Crippen LogP contribution in [0, 0.1) is 5.92 Å². The molecule has 0 aromatic heterocycles. The average Bonchev–Trinajstić information content (AvgIpc) is 2.16. The summed E-state index contributed by atoms with van der Waals surface area (Å²) >= 11 is 0. The van der Waals surface area contributed by atoms with Gasteiger partial charge in [0.05, 0.1) is 7.11 Å². The number of phenolic OH excluding ortho intramolecular Hbond substituents is 1. The summed E-state index contributed by atoms with van der Waals surface area (Å²) in [5, 5.41) is 9.59. The Morgan fingerprint density at radius 2 is 2.07 bits per heavy atom. The van der Waals surface area contributed by atoms with Crippen LogP contribution in [-0.4, -0.2) is 12.2 Å². The zero-order valence-electron chi connectivity index (χ0n) is 9.53. The molecule has 0 saturated heterocycles. The van der Waals surface area contributed by atoms with Gasteiger partial charge in [-0.15, -0.1) is 0 Å². The first-order valence-corrected chi connectivity index (χ1v) is 5.17. The summed E-state index contributed by atoms with van der Waals surface area (Å²) in [4.78, 5) is 0. The maximum atomic E-state index is 9.59. The van der Waals surface area contributed by atoms with Gasteiger partial charge in [-0.05, 0) is 30.0 Å². The predicted octanol–water partition coefficient (Wildman–Crippen LogP) is 2.45. The van der Waals surface area contributed by atoms with Crippen molar-refractivity contribution in [1.29, 1.82) is 0 Å². The van der Waals surface area contributed by atoms with E-state index in [4.69, 9.17) is 10.5 Å². The van der Waals surface area contributed by atoms with Gasteiger partial charge in [0.25, 0.3) is 0 Å². The lowest BCUT2D eigenvalue weighted by molar-refractivity contribution is 0.372. The van der Waals surface area contributed by atoms with Crippen LogP contribution in [0.3, 0.4) is 0 Å². The molecule has 0 spiro atoms. The topological polar surface area (TPSA) is 55.5 Å². The lowest BCUT2D eigenvalue weighted by atomic mass is 9.97. The molecule has 0 fully saturated rings. The summed E-state index contributed by atoms with van der Waals surface area (Å²) in [5.74, 6) is 1.17. The SMILES string of the molecule is COc1ccc(C(N)CC(C)C)cc1O. The Kier molecular flexibility index (Phi) is 3.97. The van der Waals surface area contributed by atoms with Crippen molar-refractivity contribution in [2.24, 2.45) is 11.7 Å². The highest BCUT2D eigenvalue weighted by Crippen LogP contribution is 2.29. The predicted molar refractivity (Wildman–Crippen MR) is 61.0 cm³/mol. The van der Waals surface area contributed by atoms with Crippen LogP contribution in [0.25, 0.3) is 0 Å². The summed E-state index contributed by atoms with van der Waals surface area (Å²) < 4.78 is 4.97. The van der Waals surface area contributed by atoms with Gasteiger partial charge in [0.1, 0.15) is 0 Å². The van der Waals surface area contributed by atoms with Crippen molar-refractivity contribution in [2.45, 2.75) is 26.3 Å². The van der Waals surface area contributed by atoms with Crippen molar-refractivity contribution in [3.63, 3.8) is 0 Å². The van der Waals surface area contributed by atoms with Gasteiger partial charge < -0.3 is 15.6 Å². The van der Waals surface area contributed by atoms with E-state index in [2.05, 4.69) is 13.8 Å². The second-order valence-corrected chi connectivity index (χ2v) is 4.17. The number of aromatic hydroxyl groups is 1. The van der Waals surface area contributed by atoms with Gasteiger partial charge in [0.15, 0.2) is 11.5 Å². The first kappa shape index (κ1) is 11.9. The van der Waals surface area contributed by atoms with E-state index < -0.39 is 0 Å². The highest BCUT2D eigenvalue weighted by Gasteiger charge is 2.10. The van der Waals surface area contributed by atoms with Crippen LogP contribution in [0.1, 0.15) is 31.9 Å². The van der Waals surface area contributed by atoms with Crippen molar-refractivity contribution in [3.05, 3.63) is 23.8 Å². The molecule has 0 aliphatic carbocycles. The van der Waals surface area contributed by atoms with Crippen LogP contribution in [-0.2, 0) is 0 Å². The summed E-state index contributed by atoms with van der Waals surface area (Å²) in [5.41, 5.74) is 6.95. The summed E-state index contributed by atoms with van der Waals surface area (Å²) in [6, 6.07) is 5.28. The first-order chi connectivity index (χ1) is 7.04. The Bertz CT molecular complexity index is 323. The number of benzene rings is 1. The van der Waals surface area contributed by atoms with Crippen LogP contribution >= 0.6 is 0 Å². The van der Waals surface area contributed by atoms with E-state index in [-0.39, 0.29) is 11.8 Å². The van der Waals surface area contributed by atoms with Gasteiger partial charge >= 0.3 is 0 Å². The van der Waals surface area contributed by atoms with Crippen LogP contribution in [0.2, 0.25) is 0 Å². The number of hydrogen-bond acceptors (Lipinski definition) is 3. The van der Waals surface area contributed by atoms with Crippen molar-refractivity contribution >= 4 is 0 Å². The molecule has 0 amide bonds. The molecule has 0 heterocycles. The van der Waals surface area contributed by atoms with E-state index in [0.717, 1.165) is 12.0 Å². The van der Waals surface area contributed by atoms with Gasteiger partial charge in [-0.25, -0.2) is 0 Å². The molecule has 3 heteroatoms. The normalized spacial score (nSPS) is 12.9. The third-order valence-electron chi connectivity index (χ3n) is 2.36. The summed E-state index contributed by atoms with van der Waals surface area (Å²) in [7, 11) is 1.53. The number of nitrogens with two attached hydrogens (primary N) is 1. The molecule has 84 valence electrons. The molecule has 15 heavy (non-hydrogen) atoms. The minimum Gasteiger partial charge on any atom is -0.504 e. The smallest absolute Gasteiger partial charge is 0.160 e. The Balaban J connectivity index is 2.82.